The van der Waals surface area contributed by atoms with Crippen LogP contribution in [0.3, 0.4) is 0 Å². The number of nitrogens with zero attached hydrogens (tertiary/aromatic N) is 6. The number of halogens is 6. The molecule has 0 saturated carbocycles. The molecule has 0 saturated heterocycles. The molecular weight excluding hydrogens is 508 g/mol. The second-order valence-electron chi connectivity index (χ2n) is 8.57. The molecule has 37 heavy (non-hydrogen) atoms. The zero-order valence-corrected chi connectivity index (χ0v) is 18.9. The number of fused-ring (bicyclic) bond motifs is 2. The van der Waals surface area contributed by atoms with E-state index in [0.29, 0.717) is 0 Å². The quantitative estimate of drug-likeness (QED) is 0.511. The second kappa shape index (κ2) is 8.22. The summed E-state index contributed by atoms with van der Waals surface area (Å²) in [5, 5.41) is 3.88. The highest BCUT2D eigenvalue weighted by Gasteiger charge is 2.57. The lowest BCUT2D eigenvalue weighted by molar-refractivity contribution is -0.283. The summed E-state index contributed by atoms with van der Waals surface area (Å²) >= 11 is 0. The van der Waals surface area contributed by atoms with Gasteiger partial charge in [0.2, 0.25) is 5.91 Å². The molecule has 0 aromatic carbocycles. The van der Waals surface area contributed by atoms with Crippen LogP contribution in [0, 0.1) is 5.82 Å². The third kappa shape index (κ3) is 3.96. The van der Waals surface area contributed by atoms with Crippen molar-refractivity contribution in [2.45, 2.75) is 37.3 Å². The molecule has 194 valence electrons. The third-order valence-electron chi connectivity index (χ3n) is 6.19. The van der Waals surface area contributed by atoms with Crippen molar-refractivity contribution >= 4 is 34.8 Å². The Morgan fingerprint density at radius 1 is 1.19 bits per heavy atom. The topological polar surface area (TPSA) is 134 Å². The fraction of sp³-hybridized carbons (Fsp3) is 0.333. The summed E-state index contributed by atoms with van der Waals surface area (Å²) in [5.41, 5.74) is 7.71. The van der Waals surface area contributed by atoms with E-state index < -0.39 is 42.1 Å². The number of nitrogens with two attached hydrogens (primary N) is 1. The number of anilines is 2. The summed E-state index contributed by atoms with van der Waals surface area (Å²) in [4.78, 5) is 33.5. The maximum absolute atomic E-state index is 13.8. The van der Waals surface area contributed by atoms with E-state index in [9.17, 15) is 31.1 Å². The second-order valence-corrected chi connectivity index (χ2v) is 8.57. The number of hydrazine groups is 1. The van der Waals surface area contributed by atoms with E-state index in [1.165, 1.54) is 24.3 Å². The first kappa shape index (κ1) is 24.6. The molecule has 0 radical (unpaired) electrons. The van der Waals surface area contributed by atoms with E-state index >= 15 is 0 Å². The highest BCUT2D eigenvalue weighted by Crippen LogP contribution is 2.45. The lowest BCUT2D eigenvalue weighted by Gasteiger charge is -2.25. The average Bonchev–Trinajstić information content (AvgIpc) is 3.39. The smallest absolute Gasteiger partial charge is 0.383 e. The van der Waals surface area contributed by atoms with Crippen LogP contribution < -0.4 is 16.5 Å². The minimum Gasteiger partial charge on any atom is -0.383 e. The molecule has 4 N–H and O–H groups in total. The maximum atomic E-state index is 13.8. The van der Waals surface area contributed by atoms with E-state index in [4.69, 9.17) is 5.73 Å². The molecule has 0 spiro atoms. The maximum Gasteiger partial charge on any atom is 0.453 e. The number of nitrogens with one attached hydrogen (secondary N) is 2. The molecule has 0 bridgehead atoms. The molecule has 3 aliphatic heterocycles. The van der Waals surface area contributed by atoms with Gasteiger partial charge in [-0.2, -0.15) is 22.0 Å². The number of alkyl halides is 5. The first-order valence-corrected chi connectivity index (χ1v) is 10.7. The zero-order valence-electron chi connectivity index (χ0n) is 18.9. The largest absolute Gasteiger partial charge is 0.453 e. The Balaban J connectivity index is 1.52. The molecular formula is C21H17F6N9O. The standard InChI is InChI=1S/C21H17F6N9O/c1-19(9-4-10(22)6-29-5-9)13-14(28)33-15(34-16(13)35-18(19)37)12-7-36-17(30-8-31-36)11(32-12)2-3-20(23,24)21(25,26)27/h4-7,31H,2-3,8H2,1H3,(H3,28,33,34,35,37). The minimum atomic E-state index is -5.71. The molecule has 10 nitrogen and oxygen atoms in total. The summed E-state index contributed by atoms with van der Waals surface area (Å²) in [6, 6.07) is 1.13. The van der Waals surface area contributed by atoms with Crippen molar-refractivity contribution in [3.8, 4) is 0 Å². The highest BCUT2D eigenvalue weighted by atomic mass is 19.4. The highest BCUT2D eigenvalue weighted by molar-refractivity contribution is 6.43. The van der Waals surface area contributed by atoms with E-state index in [-0.39, 0.29) is 52.5 Å². The fourth-order valence-electron chi connectivity index (χ4n) is 4.20. The number of aliphatic imine (C=N–C) groups is 2. The van der Waals surface area contributed by atoms with Gasteiger partial charge in [0, 0.05) is 12.6 Å². The van der Waals surface area contributed by atoms with Crippen LogP contribution in [0.1, 0.15) is 36.7 Å². The van der Waals surface area contributed by atoms with Crippen molar-refractivity contribution in [1.29, 1.82) is 0 Å². The van der Waals surface area contributed by atoms with Gasteiger partial charge in [0.15, 0.2) is 11.7 Å². The van der Waals surface area contributed by atoms with Crippen molar-refractivity contribution in [3.05, 3.63) is 47.4 Å². The number of pyridine rings is 1. The minimum absolute atomic E-state index is 0.00867. The number of nitrogen functional groups attached to an aromatic ring is 1. The van der Waals surface area contributed by atoms with Gasteiger partial charge >= 0.3 is 12.1 Å². The number of hydrogen-bond donors (Lipinski definition) is 3. The SMILES string of the molecule is CC1(c2cncc(F)c2)C(=O)Nc2nc(C3=CN4NCN=C4C(CCC(F)(F)C(F)(F)F)=N3)nc(N)c21. The molecule has 1 unspecified atom stereocenters. The molecule has 2 aromatic rings. The van der Waals surface area contributed by atoms with Crippen LogP contribution in [0.4, 0.5) is 38.0 Å². The normalized spacial score (nSPS) is 21.2. The number of aromatic nitrogens is 3. The Morgan fingerprint density at radius 3 is 2.65 bits per heavy atom. The molecule has 16 heteroatoms. The van der Waals surface area contributed by atoms with Crippen LogP contribution in [0.2, 0.25) is 0 Å². The number of rotatable bonds is 5. The molecule has 0 aliphatic carbocycles. The predicted molar refractivity (Wildman–Crippen MR) is 119 cm³/mol. The molecule has 5 rings (SSSR count). The Kier molecular flexibility index (Phi) is 5.47. The number of amidine groups is 1. The van der Waals surface area contributed by atoms with Gasteiger partial charge in [-0.1, -0.05) is 0 Å². The summed E-state index contributed by atoms with van der Waals surface area (Å²) in [6.45, 7) is 1.54. The van der Waals surface area contributed by atoms with Crippen molar-refractivity contribution < 1.29 is 31.1 Å². The predicted octanol–water partition coefficient (Wildman–Crippen LogP) is 2.76. The van der Waals surface area contributed by atoms with Gasteiger partial charge < -0.3 is 11.1 Å². The zero-order chi connectivity index (χ0) is 26.8. The van der Waals surface area contributed by atoms with Gasteiger partial charge in [-0.05, 0) is 25.0 Å². The van der Waals surface area contributed by atoms with Crippen LogP contribution in [0.5, 0.6) is 0 Å². The number of carbonyl (C=O) groups excluding carboxylic acids is 1. The molecule has 5 heterocycles. The van der Waals surface area contributed by atoms with Crippen molar-refractivity contribution in [2.24, 2.45) is 9.98 Å². The van der Waals surface area contributed by atoms with Crippen LogP contribution >= 0.6 is 0 Å². The first-order valence-electron chi connectivity index (χ1n) is 10.7. The molecule has 1 atom stereocenters. The third-order valence-corrected chi connectivity index (χ3v) is 6.19. The fourth-order valence-corrected chi connectivity index (χ4v) is 4.20. The van der Waals surface area contributed by atoms with Crippen LogP contribution in [-0.2, 0) is 10.2 Å². The van der Waals surface area contributed by atoms with Crippen LogP contribution in [-0.4, -0.2) is 56.2 Å². The van der Waals surface area contributed by atoms with Crippen LogP contribution in [0.25, 0.3) is 5.70 Å². The lowest BCUT2D eigenvalue weighted by Crippen LogP contribution is -2.41. The number of carbonyl (C=O) groups is 1. The Morgan fingerprint density at radius 2 is 1.95 bits per heavy atom. The van der Waals surface area contributed by atoms with E-state index in [1.54, 1.807) is 0 Å². The lowest BCUT2D eigenvalue weighted by atomic mass is 9.78. The van der Waals surface area contributed by atoms with Gasteiger partial charge in [0.25, 0.3) is 0 Å². The molecule has 3 aliphatic rings. The summed E-state index contributed by atoms with van der Waals surface area (Å²) < 4.78 is 78.9. The first-order chi connectivity index (χ1) is 17.3. The summed E-state index contributed by atoms with van der Waals surface area (Å²) in [7, 11) is 0. The molecule has 2 aromatic heterocycles. The van der Waals surface area contributed by atoms with Gasteiger partial charge in [-0.15, -0.1) is 0 Å². The number of hydrogen-bond acceptors (Lipinski definition) is 9. The van der Waals surface area contributed by atoms with Crippen molar-refractivity contribution in [3.63, 3.8) is 0 Å². The summed E-state index contributed by atoms with van der Waals surface area (Å²) in [5.74, 6) is -6.36. The average molecular weight is 525 g/mol. The Hall–Kier alpha value is -4.08. The Labute approximate surface area is 204 Å². The van der Waals surface area contributed by atoms with E-state index in [1.807, 2.05) is 0 Å². The Bertz CT molecular complexity index is 1400. The van der Waals surface area contributed by atoms with Crippen molar-refractivity contribution in [2.75, 3.05) is 17.7 Å². The van der Waals surface area contributed by atoms with Gasteiger partial charge in [0.05, 0.1) is 23.7 Å². The van der Waals surface area contributed by atoms with E-state index in [2.05, 4.69) is 35.7 Å². The van der Waals surface area contributed by atoms with Gasteiger partial charge in [-0.3, -0.25) is 14.8 Å². The summed E-state index contributed by atoms with van der Waals surface area (Å²) in [6.07, 6.45) is -4.35. The van der Waals surface area contributed by atoms with Crippen LogP contribution in [0.15, 0.2) is 34.6 Å². The molecule has 0 fully saturated rings. The van der Waals surface area contributed by atoms with Gasteiger partial charge in [0.1, 0.15) is 35.2 Å². The molecule has 1 amide bonds. The monoisotopic (exact) mass is 525 g/mol. The van der Waals surface area contributed by atoms with Gasteiger partial charge in [-0.25, -0.2) is 29.8 Å². The van der Waals surface area contributed by atoms with E-state index in [0.717, 1.165) is 12.3 Å². The van der Waals surface area contributed by atoms with Crippen molar-refractivity contribution in [1.82, 2.24) is 25.4 Å². The number of amides is 1.